The van der Waals surface area contributed by atoms with Crippen LogP contribution in [0.4, 0.5) is 0 Å². The number of aryl methyl sites for hydroxylation is 1. The molecular weight excluding hydrogens is 196 g/mol. The van der Waals surface area contributed by atoms with Crippen molar-refractivity contribution in [1.29, 1.82) is 0 Å². The molecule has 0 saturated carbocycles. The number of hydrogen-bond acceptors (Lipinski definition) is 3. The highest BCUT2D eigenvalue weighted by Gasteiger charge is 2.11. The molecule has 5 heteroatoms. The normalized spacial score (nSPS) is 10.7. The molecule has 5 nitrogen and oxygen atoms in total. The summed E-state index contributed by atoms with van der Waals surface area (Å²) in [6, 6.07) is 1.27. The van der Waals surface area contributed by atoms with Crippen LogP contribution >= 0.6 is 0 Å². The lowest BCUT2D eigenvalue weighted by Gasteiger charge is -2.07. The lowest BCUT2D eigenvalue weighted by Crippen LogP contribution is -2.40. The number of ketones is 1. The van der Waals surface area contributed by atoms with Gasteiger partial charge in [-0.3, -0.25) is 14.2 Å². The maximum absolute atomic E-state index is 11.5. The van der Waals surface area contributed by atoms with Gasteiger partial charge in [0.2, 0.25) is 0 Å². The second-order valence-corrected chi connectivity index (χ2v) is 3.75. The first-order valence-electron chi connectivity index (χ1n) is 4.72. The van der Waals surface area contributed by atoms with Gasteiger partial charge in [-0.2, -0.15) is 0 Å². The van der Waals surface area contributed by atoms with E-state index in [-0.39, 0.29) is 18.2 Å². The van der Waals surface area contributed by atoms with E-state index >= 15 is 0 Å². The van der Waals surface area contributed by atoms with Crippen LogP contribution in [0.15, 0.2) is 21.9 Å². The van der Waals surface area contributed by atoms with Crippen molar-refractivity contribution in [1.82, 2.24) is 9.13 Å². The summed E-state index contributed by atoms with van der Waals surface area (Å²) in [5.41, 5.74) is -0.899. The van der Waals surface area contributed by atoms with Crippen molar-refractivity contribution in [2.75, 3.05) is 0 Å². The Morgan fingerprint density at radius 2 is 2.00 bits per heavy atom. The lowest BCUT2D eigenvalue weighted by atomic mass is 10.1. The molecule has 0 radical (unpaired) electrons. The number of hydrogen-bond donors (Lipinski definition) is 0. The minimum atomic E-state index is -0.462. The monoisotopic (exact) mass is 210 g/mol. The Bertz CT molecular complexity index is 482. The van der Waals surface area contributed by atoms with Crippen molar-refractivity contribution >= 4 is 5.78 Å². The summed E-state index contributed by atoms with van der Waals surface area (Å²) in [5, 5.41) is 0. The lowest BCUT2D eigenvalue weighted by molar-refractivity contribution is -0.122. The molecule has 0 amide bonds. The highest BCUT2D eigenvalue weighted by molar-refractivity contribution is 5.80. The highest BCUT2D eigenvalue weighted by atomic mass is 16.2. The fraction of sp³-hybridized carbons (Fsp3) is 0.500. The molecule has 0 unspecified atom stereocenters. The fourth-order valence-corrected chi connectivity index (χ4v) is 1.10. The van der Waals surface area contributed by atoms with E-state index in [1.165, 1.54) is 23.9 Å². The average molecular weight is 210 g/mol. The van der Waals surface area contributed by atoms with Crippen molar-refractivity contribution in [2.45, 2.75) is 20.4 Å². The van der Waals surface area contributed by atoms with E-state index in [4.69, 9.17) is 0 Å². The van der Waals surface area contributed by atoms with Gasteiger partial charge in [0.15, 0.2) is 5.78 Å². The summed E-state index contributed by atoms with van der Waals surface area (Å²) in [4.78, 5) is 34.3. The van der Waals surface area contributed by atoms with Crippen molar-refractivity contribution in [2.24, 2.45) is 13.0 Å². The van der Waals surface area contributed by atoms with E-state index in [0.29, 0.717) is 0 Å². The molecule has 0 saturated heterocycles. The second-order valence-electron chi connectivity index (χ2n) is 3.75. The van der Waals surface area contributed by atoms with Gasteiger partial charge >= 0.3 is 5.69 Å². The first-order chi connectivity index (χ1) is 6.93. The van der Waals surface area contributed by atoms with Crippen molar-refractivity contribution in [3.8, 4) is 0 Å². The van der Waals surface area contributed by atoms with Crippen molar-refractivity contribution in [3.05, 3.63) is 33.1 Å². The van der Waals surface area contributed by atoms with Crippen LogP contribution in [0.1, 0.15) is 13.8 Å². The molecule has 0 aliphatic heterocycles. The molecule has 0 aliphatic carbocycles. The average Bonchev–Trinajstić information content (AvgIpc) is 2.18. The molecule has 0 atom stereocenters. The quantitative estimate of drug-likeness (QED) is 0.692. The second kappa shape index (κ2) is 4.25. The fourth-order valence-electron chi connectivity index (χ4n) is 1.10. The summed E-state index contributed by atoms with van der Waals surface area (Å²) in [6.45, 7) is 3.32. The number of rotatable bonds is 3. The van der Waals surface area contributed by atoms with E-state index in [2.05, 4.69) is 0 Å². The number of carbonyl (C=O) groups excluding carboxylic acids is 1. The van der Waals surface area contributed by atoms with Gasteiger partial charge in [-0.15, -0.1) is 0 Å². The first kappa shape index (κ1) is 11.4. The molecule has 0 spiro atoms. The third kappa shape index (κ3) is 2.43. The summed E-state index contributed by atoms with van der Waals surface area (Å²) >= 11 is 0. The van der Waals surface area contributed by atoms with Crippen LogP contribution in [-0.2, 0) is 18.4 Å². The van der Waals surface area contributed by atoms with Crippen LogP contribution in [0.2, 0.25) is 0 Å². The molecule has 1 rings (SSSR count). The van der Waals surface area contributed by atoms with Crippen LogP contribution < -0.4 is 11.2 Å². The molecule has 1 aromatic heterocycles. The van der Waals surface area contributed by atoms with Gasteiger partial charge in [-0.1, -0.05) is 13.8 Å². The molecule has 0 fully saturated rings. The SMILES string of the molecule is CC(C)C(=O)Cn1c(=O)ccn(C)c1=O. The Morgan fingerprint density at radius 1 is 1.40 bits per heavy atom. The Kier molecular flexibility index (Phi) is 3.24. The smallest absolute Gasteiger partial charge is 0.303 e. The van der Waals surface area contributed by atoms with Crippen LogP contribution in [0.3, 0.4) is 0 Å². The van der Waals surface area contributed by atoms with E-state index in [1.807, 2.05) is 0 Å². The van der Waals surface area contributed by atoms with Gasteiger partial charge in [-0.05, 0) is 0 Å². The van der Waals surface area contributed by atoms with Gasteiger partial charge in [0.1, 0.15) is 0 Å². The third-order valence-corrected chi connectivity index (χ3v) is 2.20. The molecule has 1 heterocycles. The van der Waals surface area contributed by atoms with Gasteiger partial charge in [-0.25, -0.2) is 4.79 Å². The number of Topliss-reactive ketones (excluding diaryl/α,β-unsaturated/α-hetero) is 1. The molecule has 0 N–H and O–H groups in total. The van der Waals surface area contributed by atoms with E-state index < -0.39 is 11.2 Å². The standard InChI is InChI=1S/C10H14N2O3/c1-7(2)8(13)6-12-9(14)4-5-11(3)10(12)15/h4-5,7H,6H2,1-3H3. The first-order valence-corrected chi connectivity index (χ1v) is 4.72. The predicted molar refractivity (Wildman–Crippen MR) is 55.8 cm³/mol. The molecule has 0 aromatic carbocycles. The van der Waals surface area contributed by atoms with Gasteiger partial charge in [0.05, 0.1) is 6.54 Å². The highest BCUT2D eigenvalue weighted by Crippen LogP contribution is 1.94. The number of nitrogens with zero attached hydrogens (tertiary/aromatic N) is 2. The Hall–Kier alpha value is -1.65. The van der Waals surface area contributed by atoms with Crippen molar-refractivity contribution < 1.29 is 4.79 Å². The number of carbonyl (C=O) groups is 1. The van der Waals surface area contributed by atoms with Crippen molar-refractivity contribution in [3.63, 3.8) is 0 Å². The summed E-state index contributed by atoms with van der Waals surface area (Å²) < 4.78 is 2.22. The zero-order valence-electron chi connectivity index (χ0n) is 9.06. The minimum Gasteiger partial charge on any atom is -0.303 e. The third-order valence-electron chi connectivity index (χ3n) is 2.20. The van der Waals surface area contributed by atoms with Gasteiger partial charge < -0.3 is 4.57 Å². The summed E-state index contributed by atoms with van der Waals surface area (Å²) in [5.74, 6) is -0.304. The zero-order valence-corrected chi connectivity index (χ0v) is 9.06. The summed E-state index contributed by atoms with van der Waals surface area (Å²) in [6.07, 6.45) is 1.39. The Labute approximate surface area is 87.0 Å². The molecule has 0 aliphatic rings. The predicted octanol–water partition coefficient (Wildman–Crippen LogP) is -0.228. The maximum Gasteiger partial charge on any atom is 0.331 e. The molecule has 82 valence electrons. The Balaban J connectivity index is 3.16. The van der Waals surface area contributed by atoms with Crippen LogP contribution in [0.5, 0.6) is 0 Å². The van der Waals surface area contributed by atoms with E-state index in [1.54, 1.807) is 13.8 Å². The Morgan fingerprint density at radius 3 is 2.53 bits per heavy atom. The van der Waals surface area contributed by atoms with Gasteiger partial charge in [0.25, 0.3) is 5.56 Å². The summed E-state index contributed by atoms with van der Waals surface area (Å²) in [7, 11) is 1.54. The van der Waals surface area contributed by atoms with Crippen LogP contribution in [0.25, 0.3) is 0 Å². The molecule has 15 heavy (non-hydrogen) atoms. The molecule has 1 aromatic rings. The van der Waals surface area contributed by atoms with E-state index in [0.717, 1.165) is 4.57 Å². The van der Waals surface area contributed by atoms with Crippen LogP contribution in [-0.4, -0.2) is 14.9 Å². The van der Waals surface area contributed by atoms with E-state index in [9.17, 15) is 14.4 Å². The largest absolute Gasteiger partial charge is 0.331 e. The number of aromatic nitrogens is 2. The minimum absolute atomic E-state index is 0.125. The van der Waals surface area contributed by atoms with Gasteiger partial charge in [0, 0.05) is 25.2 Å². The van der Waals surface area contributed by atoms with Crippen LogP contribution in [0, 0.1) is 5.92 Å². The topological polar surface area (TPSA) is 61.1 Å². The maximum atomic E-state index is 11.5. The molecular formula is C10H14N2O3. The molecule has 0 bridgehead atoms. The zero-order chi connectivity index (χ0) is 11.6.